The van der Waals surface area contributed by atoms with Crippen LogP contribution in [0.5, 0.6) is 0 Å². The Morgan fingerprint density at radius 3 is 1.18 bits per heavy atom. The predicted molar refractivity (Wildman–Crippen MR) is 233 cm³/mol. The molecule has 0 saturated carbocycles. The Bertz CT molecular complexity index is 2330. The van der Waals surface area contributed by atoms with E-state index in [1.54, 1.807) is 44.9 Å². The van der Waals surface area contributed by atoms with Crippen LogP contribution in [-0.2, 0) is 36.8 Å². The number of fused-ring (bicyclic) bond motifs is 2. The number of likely N-dealkylation sites (N-methyl/N-ethyl adjacent to an activating group) is 2. The first kappa shape index (κ1) is 49.3. The Morgan fingerprint density at radius 1 is 0.597 bits per heavy atom. The van der Waals surface area contributed by atoms with E-state index in [-0.39, 0.29) is 11.8 Å². The molecule has 62 heavy (non-hydrogen) atoms. The molecule has 0 saturated heterocycles. The lowest BCUT2D eigenvalue weighted by Crippen LogP contribution is -2.39. The number of benzene rings is 2. The fourth-order valence-corrected chi connectivity index (χ4v) is 5.64. The van der Waals surface area contributed by atoms with Crippen LogP contribution in [0.1, 0.15) is 40.6 Å². The predicted octanol–water partition coefficient (Wildman–Crippen LogP) is 4.48. The molecule has 6 rings (SSSR count). The third-order valence-corrected chi connectivity index (χ3v) is 9.11. The zero-order valence-electron chi connectivity index (χ0n) is 36.4. The molecular formula is C45H55N7O10. The number of carboxylic acid groups (broad SMARTS) is 2. The lowest BCUT2D eigenvalue weighted by Gasteiger charge is -2.11. The highest BCUT2D eigenvalue weighted by atomic mass is 16.5. The summed E-state index contributed by atoms with van der Waals surface area (Å²) in [5, 5.41) is 32.5. The number of carbonyl (C=O) groups is 5. The molecule has 2 unspecified atom stereocenters. The zero-order valence-corrected chi connectivity index (χ0v) is 36.4. The van der Waals surface area contributed by atoms with Crippen molar-refractivity contribution in [1.82, 2.24) is 28.6 Å². The number of hydrogen-bond acceptors (Lipinski definition) is 10. The number of aromatic nitrogens is 4. The highest BCUT2D eigenvalue weighted by Crippen LogP contribution is 2.27. The molecule has 0 aliphatic carbocycles. The Kier molecular flexibility index (Phi) is 17.9. The molecule has 3 amide bonds. The SMILES string of the molecule is CCOC(N)=O.Cc1ccc(-c2nc3ccc(C)cn3c2CC(=O)N(C)C)cc1.Cc1ccc(-c2nc3ccc(C)cn3c2CC(=O)N(C)C)cc1.O=C(O)C(O)C(O)C(=O)O. The standard InChI is InChI=1S/2C19H21N3O.C4H6O6.C3H7NO2/c2*1-13-5-8-15(9-6-13)19-16(11-18(23)21(3)4)22-12-14(2)7-10-17(22)20-19;5-1(3(7)8)2(6)4(9)10;1-2-6-3(4)5/h2*5-10,12H,11H2,1-4H3;1-2,5-6H,(H,7,8)(H,9,10);2H2,1H3,(H2,4,5). The largest absolute Gasteiger partial charge is 0.479 e. The van der Waals surface area contributed by atoms with Crippen LogP contribution in [0.4, 0.5) is 4.79 Å². The van der Waals surface area contributed by atoms with Crippen LogP contribution in [-0.4, -0.2) is 126 Å². The number of ether oxygens (including phenoxy) is 1. The number of imidazole rings is 2. The highest BCUT2D eigenvalue weighted by Gasteiger charge is 2.29. The minimum Gasteiger partial charge on any atom is -0.479 e. The van der Waals surface area contributed by atoms with Crippen molar-refractivity contribution in [2.45, 2.75) is 59.7 Å². The smallest absolute Gasteiger partial charge is 0.404 e. The number of amides is 3. The van der Waals surface area contributed by atoms with Gasteiger partial charge in [0.25, 0.3) is 0 Å². The first-order chi connectivity index (χ1) is 29.1. The van der Waals surface area contributed by atoms with E-state index in [0.717, 1.165) is 56.3 Å². The Balaban J connectivity index is 0.000000247. The van der Waals surface area contributed by atoms with Gasteiger partial charge in [-0.05, 0) is 57.9 Å². The van der Waals surface area contributed by atoms with Crippen molar-refractivity contribution in [3.05, 3.63) is 119 Å². The summed E-state index contributed by atoms with van der Waals surface area (Å²) >= 11 is 0. The van der Waals surface area contributed by atoms with Crippen molar-refractivity contribution in [3.63, 3.8) is 0 Å². The Morgan fingerprint density at radius 2 is 0.919 bits per heavy atom. The molecule has 17 heteroatoms. The third-order valence-electron chi connectivity index (χ3n) is 9.11. The number of rotatable bonds is 10. The number of aliphatic hydroxyl groups excluding tert-OH is 2. The number of aliphatic carboxylic acids is 2. The van der Waals surface area contributed by atoms with Crippen molar-refractivity contribution in [3.8, 4) is 22.5 Å². The first-order valence-electron chi connectivity index (χ1n) is 19.4. The van der Waals surface area contributed by atoms with Gasteiger partial charge in [-0.2, -0.15) is 0 Å². The maximum Gasteiger partial charge on any atom is 0.404 e. The van der Waals surface area contributed by atoms with Crippen LogP contribution in [0.15, 0.2) is 85.2 Å². The molecule has 0 aliphatic rings. The summed E-state index contributed by atoms with van der Waals surface area (Å²) in [5.41, 5.74) is 16.7. The van der Waals surface area contributed by atoms with Gasteiger partial charge in [0.1, 0.15) is 11.3 Å². The van der Waals surface area contributed by atoms with E-state index >= 15 is 0 Å². The van der Waals surface area contributed by atoms with E-state index in [2.05, 4.69) is 72.8 Å². The fraction of sp³-hybridized carbons (Fsp3) is 0.311. The normalized spacial score (nSPS) is 11.4. The van der Waals surface area contributed by atoms with E-state index in [1.807, 2.05) is 59.3 Å². The van der Waals surface area contributed by atoms with E-state index in [1.165, 1.54) is 11.1 Å². The third kappa shape index (κ3) is 13.7. The molecule has 330 valence electrons. The number of pyridine rings is 2. The summed E-state index contributed by atoms with van der Waals surface area (Å²) in [5.74, 6) is -3.40. The molecule has 6 aromatic rings. The van der Waals surface area contributed by atoms with Gasteiger partial charge in [0, 0.05) is 51.7 Å². The van der Waals surface area contributed by atoms with E-state index in [9.17, 15) is 24.0 Å². The van der Waals surface area contributed by atoms with Gasteiger partial charge in [-0.1, -0.05) is 71.8 Å². The van der Waals surface area contributed by atoms with Crippen LogP contribution < -0.4 is 5.73 Å². The highest BCUT2D eigenvalue weighted by molar-refractivity contribution is 5.83. The van der Waals surface area contributed by atoms with Crippen molar-refractivity contribution >= 4 is 41.1 Å². The lowest BCUT2D eigenvalue weighted by atomic mass is 10.1. The number of nitrogens with zero attached hydrogens (tertiary/aromatic N) is 6. The summed E-state index contributed by atoms with van der Waals surface area (Å²) < 4.78 is 8.25. The average Bonchev–Trinajstić information content (AvgIpc) is 3.75. The van der Waals surface area contributed by atoms with Crippen molar-refractivity contribution in [2.75, 3.05) is 34.8 Å². The number of aryl methyl sites for hydroxylation is 4. The topological polar surface area (TPSA) is 243 Å². The van der Waals surface area contributed by atoms with Crippen molar-refractivity contribution in [2.24, 2.45) is 5.73 Å². The second-order valence-corrected chi connectivity index (χ2v) is 14.7. The van der Waals surface area contributed by atoms with Crippen LogP contribution in [0.3, 0.4) is 0 Å². The van der Waals surface area contributed by atoms with Crippen LogP contribution in [0.25, 0.3) is 33.8 Å². The minimum absolute atomic E-state index is 0.0710. The van der Waals surface area contributed by atoms with Gasteiger partial charge in [0.05, 0.1) is 42.2 Å². The molecule has 2 aromatic carbocycles. The van der Waals surface area contributed by atoms with Gasteiger partial charge in [0.15, 0.2) is 12.2 Å². The molecule has 0 bridgehead atoms. The molecule has 0 spiro atoms. The van der Waals surface area contributed by atoms with Gasteiger partial charge < -0.3 is 49.5 Å². The minimum atomic E-state index is -2.27. The number of nitrogens with two attached hydrogens (primary N) is 1. The monoisotopic (exact) mass is 853 g/mol. The summed E-state index contributed by atoms with van der Waals surface area (Å²) in [6, 6.07) is 24.6. The molecule has 0 fully saturated rings. The molecule has 17 nitrogen and oxygen atoms in total. The first-order valence-corrected chi connectivity index (χ1v) is 19.4. The van der Waals surface area contributed by atoms with Gasteiger partial charge in [-0.3, -0.25) is 9.59 Å². The van der Waals surface area contributed by atoms with Gasteiger partial charge in [0.2, 0.25) is 11.8 Å². The average molecular weight is 854 g/mol. The molecule has 4 heterocycles. The molecule has 0 aliphatic heterocycles. The number of hydrogen-bond donors (Lipinski definition) is 5. The summed E-state index contributed by atoms with van der Waals surface area (Å²) in [7, 11) is 7.12. The maximum atomic E-state index is 12.3. The second-order valence-electron chi connectivity index (χ2n) is 14.7. The van der Waals surface area contributed by atoms with E-state index < -0.39 is 30.2 Å². The lowest BCUT2D eigenvalue weighted by molar-refractivity contribution is -0.165. The van der Waals surface area contributed by atoms with E-state index in [4.69, 9.17) is 30.4 Å². The molecule has 6 N–H and O–H groups in total. The zero-order chi connectivity index (χ0) is 46.4. The summed E-state index contributed by atoms with van der Waals surface area (Å²) in [4.78, 5) is 66.4. The second kappa shape index (κ2) is 22.5. The van der Waals surface area contributed by atoms with Crippen LogP contribution >= 0.6 is 0 Å². The number of carboxylic acids is 2. The van der Waals surface area contributed by atoms with Gasteiger partial charge in [-0.25, -0.2) is 24.4 Å². The number of primary amides is 1. The number of carbonyl (C=O) groups excluding carboxylic acids is 3. The number of aliphatic hydroxyl groups is 2. The maximum absolute atomic E-state index is 12.3. The van der Waals surface area contributed by atoms with Gasteiger partial charge in [-0.15, -0.1) is 0 Å². The Hall–Kier alpha value is -7.11. The fourth-order valence-electron chi connectivity index (χ4n) is 5.64. The Labute approximate surface area is 359 Å². The quantitative estimate of drug-likeness (QED) is 0.128. The van der Waals surface area contributed by atoms with Crippen molar-refractivity contribution < 1.29 is 49.1 Å². The summed E-state index contributed by atoms with van der Waals surface area (Å²) in [6.07, 6.45) is -0.495. The molecular weight excluding hydrogens is 799 g/mol. The van der Waals surface area contributed by atoms with Gasteiger partial charge >= 0.3 is 18.0 Å². The van der Waals surface area contributed by atoms with E-state index in [0.29, 0.717) is 19.4 Å². The molecule has 2 atom stereocenters. The molecule has 0 radical (unpaired) electrons. The van der Waals surface area contributed by atoms with Crippen LogP contribution in [0, 0.1) is 27.7 Å². The van der Waals surface area contributed by atoms with Crippen molar-refractivity contribution in [1.29, 1.82) is 0 Å². The molecule has 4 aromatic heterocycles. The summed E-state index contributed by atoms with van der Waals surface area (Å²) in [6.45, 7) is 10.3. The van der Waals surface area contributed by atoms with Crippen LogP contribution in [0.2, 0.25) is 0 Å².